The number of ether oxygens (including phenoxy) is 1. The van der Waals surface area contributed by atoms with Gasteiger partial charge in [-0.15, -0.1) is 0 Å². The van der Waals surface area contributed by atoms with E-state index in [2.05, 4.69) is 11.9 Å². The fourth-order valence-corrected chi connectivity index (χ4v) is 3.39. The zero-order valence-corrected chi connectivity index (χ0v) is 12.0. The minimum Gasteiger partial charge on any atom is -0.492 e. The lowest BCUT2D eigenvalue weighted by atomic mass is 9.80. The van der Waals surface area contributed by atoms with Crippen LogP contribution in [0.25, 0.3) is 0 Å². The van der Waals surface area contributed by atoms with Gasteiger partial charge in [0.15, 0.2) is 0 Å². The Morgan fingerprint density at radius 2 is 2.11 bits per heavy atom. The van der Waals surface area contributed by atoms with E-state index in [1.54, 1.807) is 24.3 Å². The molecule has 1 saturated heterocycles. The lowest BCUT2D eigenvalue weighted by Gasteiger charge is -2.23. The van der Waals surface area contributed by atoms with Crippen molar-refractivity contribution in [2.45, 2.75) is 12.5 Å². The smallest absolute Gasteiger partial charge is 0.488 e. The molecule has 104 valence electrons. The third kappa shape index (κ3) is 4.42. The molecular weight excluding hydrogens is 261 g/mol. The van der Waals surface area contributed by atoms with Crippen LogP contribution in [0.3, 0.4) is 0 Å². The predicted octanol–water partition coefficient (Wildman–Crippen LogP) is 0.182. The molecule has 6 heteroatoms. The average Bonchev–Trinajstić information content (AvgIpc) is 2.93. The Balaban J connectivity index is 1.72. The third-order valence-electron chi connectivity index (χ3n) is 3.42. The fraction of sp³-hybridized carbons (Fsp3) is 0.538. The average molecular weight is 281 g/mol. The molecule has 1 unspecified atom stereocenters. The second-order valence-corrected chi connectivity index (χ2v) is 5.94. The molecule has 2 N–H and O–H groups in total. The quantitative estimate of drug-likeness (QED) is 0.729. The molecule has 1 aromatic rings. The van der Waals surface area contributed by atoms with E-state index in [0.29, 0.717) is 18.1 Å². The summed E-state index contributed by atoms with van der Waals surface area (Å²) in [6.07, 6.45) is 1.27. The Bertz CT molecular complexity index is 382. The van der Waals surface area contributed by atoms with Gasteiger partial charge in [-0.2, -0.15) is 11.8 Å². The van der Waals surface area contributed by atoms with E-state index in [1.807, 2.05) is 11.8 Å². The minimum atomic E-state index is -1.42. The highest BCUT2D eigenvalue weighted by molar-refractivity contribution is 7.99. The van der Waals surface area contributed by atoms with Crippen molar-refractivity contribution in [2.75, 3.05) is 31.7 Å². The standard InChI is InChI=1S/C13H20BNO3S/c1-15(12-6-9-19-10-12)7-8-18-13-4-2-11(3-5-13)14(16)17/h2-5,12,16-17H,6-10H2,1H3. The molecule has 2 rings (SSSR count). The molecule has 0 bridgehead atoms. The van der Waals surface area contributed by atoms with Crippen LogP contribution in [0.15, 0.2) is 24.3 Å². The summed E-state index contributed by atoms with van der Waals surface area (Å²) in [5.74, 6) is 3.25. The lowest BCUT2D eigenvalue weighted by molar-refractivity contribution is 0.202. The van der Waals surface area contributed by atoms with Crippen molar-refractivity contribution < 1.29 is 14.8 Å². The van der Waals surface area contributed by atoms with Gasteiger partial charge >= 0.3 is 7.12 Å². The molecule has 0 aromatic heterocycles. The van der Waals surface area contributed by atoms with E-state index >= 15 is 0 Å². The third-order valence-corrected chi connectivity index (χ3v) is 4.56. The number of benzene rings is 1. The lowest BCUT2D eigenvalue weighted by Crippen LogP contribution is -2.34. The van der Waals surface area contributed by atoms with Gasteiger partial charge < -0.3 is 14.8 Å². The Kier molecular flexibility index (Phi) is 5.57. The normalized spacial score (nSPS) is 18.8. The molecule has 1 atom stereocenters. The highest BCUT2D eigenvalue weighted by atomic mass is 32.2. The molecule has 1 fully saturated rings. The summed E-state index contributed by atoms with van der Waals surface area (Å²) in [6, 6.07) is 7.54. The van der Waals surface area contributed by atoms with E-state index in [4.69, 9.17) is 14.8 Å². The van der Waals surface area contributed by atoms with Gasteiger partial charge in [0.25, 0.3) is 0 Å². The molecular formula is C13H20BNO3S. The van der Waals surface area contributed by atoms with Gasteiger partial charge in [-0.05, 0) is 36.8 Å². The predicted molar refractivity (Wildman–Crippen MR) is 80.1 cm³/mol. The Morgan fingerprint density at radius 3 is 2.68 bits per heavy atom. The topological polar surface area (TPSA) is 52.9 Å². The molecule has 19 heavy (non-hydrogen) atoms. The van der Waals surface area contributed by atoms with Crippen molar-refractivity contribution in [3.63, 3.8) is 0 Å². The Hall–Kier alpha value is -0.685. The molecule has 0 saturated carbocycles. The second-order valence-electron chi connectivity index (χ2n) is 4.79. The van der Waals surface area contributed by atoms with Crippen LogP contribution in [-0.2, 0) is 0 Å². The summed E-state index contributed by atoms with van der Waals surface area (Å²) in [7, 11) is 0.727. The summed E-state index contributed by atoms with van der Waals surface area (Å²) in [5, 5.41) is 18.0. The number of likely N-dealkylation sites (N-methyl/N-ethyl adjacent to an activating group) is 1. The Morgan fingerprint density at radius 1 is 1.37 bits per heavy atom. The summed E-state index contributed by atoms with van der Waals surface area (Å²) < 4.78 is 5.66. The monoisotopic (exact) mass is 281 g/mol. The first-order valence-electron chi connectivity index (χ1n) is 6.53. The van der Waals surface area contributed by atoms with Gasteiger partial charge in [0.1, 0.15) is 12.4 Å². The van der Waals surface area contributed by atoms with Gasteiger partial charge in [0, 0.05) is 18.3 Å². The zero-order chi connectivity index (χ0) is 13.7. The molecule has 0 spiro atoms. The van der Waals surface area contributed by atoms with Crippen molar-refractivity contribution in [3.8, 4) is 5.75 Å². The minimum absolute atomic E-state index is 0.479. The maximum absolute atomic E-state index is 8.99. The van der Waals surface area contributed by atoms with Gasteiger partial charge in [0.2, 0.25) is 0 Å². The first-order valence-corrected chi connectivity index (χ1v) is 7.69. The second kappa shape index (κ2) is 7.19. The van der Waals surface area contributed by atoms with Crippen LogP contribution >= 0.6 is 11.8 Å². The first kappa shape index (κ1) is 14.7. The molecule has 0 radical (unpaired) electrons. The van der Waals surface area contributed by atoms with Crippen molar-refractivity contribution in [1.82, 2.24) is 4.90 Å². The maximum Gasteiger partial charge on any atom is 0.488 e. The SMILES string of the molecule is CN(CCOc1ccc(B(O)O)cc1)C1CCSC1. The van der Waals surface area contributed by atoms with Crippen LogP contribution < -0.4 is 10.2 Å². The Labute approximate surface area is 118 Å². The van der Waals surface area contributed by atoms with Gasteiger partial charge in [-0.1, -0.05) is 12.1 Å². The molecule has 4 nitrogen and oxygen atoms in total. The van der Waals surface area contributed by atoms with Gasteiger partial charge in [-0.3, -0.25) is 4.90 Å². The highest BCUT2D eigenvalue weighted by Gasteiger charge is 2.19. The summed E-state index contributed by atoms with van der Waals surface area (Å²) >= 11 is 2.01. The van der Waals surface area contributed by atoms with Crippen LogP contribution in [0.5, 0.6) is 5.75 Å². The summed E-state index contributed by atoms with van der Waals surface area (Å²) in [5.41, 5.74) is 0.479. The zero-order valence-electron chi connectivity index (χ0n) is 11.2. The van der Waals surface area contributed by atoms with Crippen molar-refractivity contribution in [3.05, 3.63) is 24.3 Å². The maximum atomic E-state index is 8.99. The molecule has 0 amide bonds. The van der Waals surface area contributed by atoms with E-state index in [0.717, 1.165) is 12.3 Å². The van der Waals surface area contributed by atoms with Gasteiger partial charge in [-0.25, -0.2) is 0 Å². The number of hydrogen-bond donors (Lipinski definition) is 2. The number of hydrogen-bond acceptors (Lipinski definition) is 5. The largest absolute Gasteiger partial charge is 0.492 e. The number of nitrogens with zero attached hydrogens (tertiary/aromatic N) is 1. The van der Waals surface area contributed by atoms with E-state index in [9.17, 15) is 0 Å². The van der Waals surface area contributed by atoms with Crippen LogP contribution in [0, 0.1) is 0 Å². The van der Waals surface area contributed by atoms with Crippen LogP contribution in [0.1, 0.15) is 6.42 Å². The van der Waals surface area contributed by atoms with Crippen molar-refractivity contribution in [2.24, 2.45) is 0 Å². The molecule has 1 heterocycles. The van der Waals surface area contributed by atoms with E-state index in [1.165, 1.54) is 17.9 Å². The van der Waals surface area contributed by atoms with Crippen LogP contribution in [0.2, 0.25) is 0 Å². The number of thioether (sulfide) groups is 1. The van der Waals surface area contributed by atoms with Crippen LogP contribution in [-0.4, -0.2) is 59.8 Å². The molecule has 1 aromatic carbocycles. The fourth-order valence-electron chi connectivity index (χ4n) is 2.10. The highest BCUT2D eigenvalue weighted by Crippen LogP contribution is 2.21. The van der Waals surface area contributed by atoms with Crippen molar-refractivity contribution in [1.29, 1.82) is 0 Å². The van der Waals surface area contributed by atoms with Crippen molar-refractivity contribution >= 4 is 24.3 Å². The first-order chi connectivity index (χ1) is 9.16. The summed E-state index contributed by atoms with van der Waals surface area (Å²) in [6.45, 7) is 1.56. The van der Waals surface area contributed by atoms with Crippen LogP contribution in [0.4, 0.5) is 0 Å². The molecule has 1 aliphatic heterocycles. The van der Waals surface area contributed by atoms with E-state index in [-0.39, 0.29) is 0 Å². The number of rotatable bonds is 6. The summed E-state index contributed by atoms with van der Waals surface area (Å²) in [4.78, 5) is 2.35. The molecule has 1 aliphatic rings. The molecule has 0 aliphatic carbocycles. The van der Waals surface area contributed by atoms with E-state index < -0.39 is 7.12 Å². The van der Waals surface area contributed by atoms with Gasteiger partial charge in [0.05, 0.1) is 0 Å².